The third-order valence-electron chi connectivity index (χ3n) is 4.46. The largest absolute Gasteiger partial charge is 0.465 e. The average molecular weight is 271 g/mol. The minimum absolute atomic E-state index is 0.0767. The molecular formula is C17H21NO2. The van der Waals surface area contributed by atoms with Crippen molar-refractivity contribution in [1.29, 1.82) is 0 Å². The Labute approximate surface area is 120 Å². The second-order valence-electron chi connectivity index (χ2n) is 5.58. The molecule has 0 spiro atoms. The number of hydrogen-bond donors (Lipinski definition) is 0. The summed E-state index contributed by atoms with van der Waals surface area (Å²) in [6.45, 7) is 4.49. The lowest BCUT2D eigenvalue weighted by atomic mass is 9.99. The van der Waals surface area contributed by atoms with E-state index in [-0.39, 0.29) is 18.1 Å². The molecule has 0 saturated carbocycles. The van der Waals surface area contributed by atoms with Crippen molar-refractivity contribution < 1.29 is 9.53 Å². The van der Waals surface area contributed by atoms with Gasteiger partial charge in [-0.1, -0.05) is 42.5 Å². The van der Waals surface area contributed by atoms with E-state index < -0.39 is 0 Å². The maximum Gasteiger partial charge on any atom is 0.323 e. The first-order valence-corrected chi connectivity index (χ1v) is 7.39. The smallest absolute Gasteiger partial charge is 0.323 e. The van der Waals surface area contributed by atoms with E-state index >= 15 is 0 Å². The third kappa shape index (κ3) is 2.16. The first kappa shape index (κ1) is 13.4. The van der Waals surface area contributed by atoms with Gasteiger partial charge in [0.25, 0.3) is 0 Å². The van der Waals surface area contributed by atoms with Crippen molar-refractivity contribution in [1.82, 2.24) is 4.90 Å². The topological polar surface area (TPSA) is 29.5 Å². The lowest BCUT2D eigenvalue weighted by Crippen LogP contribution is -2.46. The summed E-state index contributed by atoms with van der Waals surface area (Å²) in [6, 6.07) is 10.8. The Morgan fingerprint density at radius 3 is 2.80 bits per heavy atom. The Morgan fingerprint density at radius 1 is 1.35 bits per heavy atom. The van der Waals surface area contributed by atoms with Crippen molar-refractivity contribution in [3.63, 3.8) is 0 Å². The Kier molecular flexibility index (Phi) is 3.62. The molecule has 2 unspecified atom stereocenters. The summed E-state index contributed by atoms with van der Waals surface area (Å²) in [5, 5.41) is 0. The molecule has 0 radical (unpaired) electrons. The van der Waals surface area contributed by atoms with Gasteiger partial charge in [0.05, 0.1) is 6.61 Å². The van der Waals surface area contributed by atoms with Gasteiger partial charge in [-0.2, -0.15) is 0 Å². The van der Waals surface area contributed by atoms with E-state index in [2.05, 4.69) is 48.2 Å². The minimum atomic E-state index is -0.125. The monoisotopic (exact) mass is 271 g/mol. The minimum Gasteiger partial charge on any atom is -0.465 e. The SMILES string of the molecule is CCOC(=O)C1[C@H]2C=CC(C2)N1[C@H](C)c1ccccc1. The predicted octanol–water partition coefficient (Wildman–Crippen LogP) is 2.94. The normalized spacial score (nSPS) is 29.6. The van der Waals surface area contributed by atoms with E-state index in [1.165, 1.54) is 5.56 Å². The molecule has 2 bridgehead atoms. The number of esters is 1. The van der Waals surface area contributed by atoms with Gasteiger partial charge < -0.3 is 4.74 Å². The van der Waals surface area contributed by atoms with Crippen LogP contribution in [0.1, 0.15) is 31.9 Å². The van der Waals surface area contributed by atoms with Crippen LogP contribution in [-0.2, 0) is 9.53 Å². The van der Waals surface area contributed by atoms with E-state index in [0.29, 0.717) is 18.6 Å². The molecule has 0 amide bonds. The van der Waals surface area contributed by atoms with Crippen LogP contribution in [0.4, 0.5) is 0 Å². The molecule has 3 nitrogen and oxygen atoms in total. The highest BCUT2D eigenvalue weighted by molar-refractivity contribution is 5.77. The molecule has 2 aliphatic rings. The zero-order chi connectivity index (χ0) is 14.1. The number of benzene rings is 1. The summed E-state index contributed by atoms with van der Waals surface area (Å²) in [7, 11) is 0. The Morgan fingerprint density at radius 2 is 2.10 bits per heavy atom. The second kappa shape index (κ2) is 5.41. The Bertz CT molecular complexity index is 511. The summed E-state index contributed by atoms with van der Waals surface area (Å²) < 4.78 is 5.28. The first-order chi connectivity index (χ1) is 9.72. The van der Waals surface area contributed by atoms with E-state index in [4.69, 9.17) is 4.74 Å². The van der Waals surface area contributed by atoms with Gasteiger partial charge in [-0.05, 0) is 25.8 Å². The van der Waals surface area contributed by atoms with Crippen molar-refractivity contribution in [2.24, 2.45) is 5.92 Å². The highest BCUT2D eigenvalue weighted by Gasteiger charge is 2.49. The number of fused-ring (bicyclic) bond motifs is 2. The molecular weight excluding hydrogens is 250 g/mol. The van der Waals surface area contributed by atoms with E-state index in [1.807, 2.05) is 13.0 Å². The number of likely N-dealkylation sites (tertiary alicyclic amines) is 1. The molecule has 3 rings (SSSR count). The fraction of sp³-hybridized carbons (Fsp3) is 0.471. The number of carbonyl (C=O) groups excluding carboxylic acids is 1. The van der Waals surface area contributed by atoms with Crippen LogP contribution in [-0.4, -0.2) is 29.6 Å². The molecule has 1 aromatic carbocycles. The predicted molar refractivity (Wildman–Crippen MR) is 78.2 cm³/mol. The number of ether oxygens (including phenoxy) is 1. The van der Waals surface area contributed by atoms with Gasteiger partial charge in [0.2, 0.25) is 0 Å². The highest BCUT2D eigenvalue weighted by atomic mass is 16.5. The van der Waals surface area contributed by atoms with Crippen LogP contribution in [0.5, 0.6) is 0 Å². The molecule has 106 valence electrons. The van der Waals surface area contributed by atoms with Crippen molar-refractivity contribution in [3.05, 3.63) is 48.0 Å². The van der Waals surface area contributed by atoms with Gasteiger partial charge in [0.1, 0.15) is 6.04 Å². The van der Waals surface area contributed by atoms with Crippen LogP contribution in [0.3, 0.4) is 0 Å². The van der Waals surface area contributed by atoms with E-state index in [1.54, 1.807) is 0 Å². The van der Waals surface area contributed by atoms with E-state index in [0.717, 1.165) is 6.42 Å². The summed E-state index contributed by atoms with van der Waals surface area (Å²) in [5.74, 6) is 0.234. The lowest BCUT2D eigenvalue weighted by molar-refractivity contribution is -0.150. The average Bonchev–Trinajstić information content (AvgIpc) is 3.08. The van der Waals surface area contributed by atoms with Crippen LogP contribution < -0.4 is 0 Å². The standard InChI is InChI=1S/C17H21NO2/c1-3-20-17(19)16-14-9-10-15(11-14)18(16)12(2)13-7-5-4-6-8-13/h4-10,12,14-16H,3,11H2,1-2H3/t12-,14+,15?,16?/m1/s1. The van der Waals surface area contributed by atoms with Crippen LogP contribution in [0.15, 0.2) is 42.5 Å². The maximum atomic E-state index is 12.3. The molecule has 20 heavy (non-hydrogen) atoms. The highest BCUT2D eigenvalue weighted by Crippen LogP contribution is 2.42. The molecule has 3 heteroatoms. The number of hydrogen-bond acceptors (Lipinski definition) is 3. The zero-order valence-corrected chi connectivity index (χ0v) is 12.0. The van der Waals surface area contributed by atoms with Crippen LogP contribution >= 0.6 is 0 Å². The van der Waals surface area contributed by atoms with Gasteiger partial charge in [-0.15, -0.1) is 0 Å². The third-order valence-corrected chi connectivity index (χ3v) is 4.46. The van der Waals surface area contributed by atoms with Crippen LogP contribution in [0.2, 0.25) is 0 Å². The van der Waals surface area contributed by atoms with Crippen LogP contribution in [0.25, 0.3) is 0 Å². The molecule has 1 fully saturated rings. The molecule has 1 saturated heterocycles. The second-order valence-corrected chi connectivity index (χ2v) is 5.58. The molecule has 1 aromatic rings. The van der Waals surface area contributed by atoms with Crippen molar-refractivity contribution in [2.75, 3.05) is 6.61 Å². The Hall–Kier alpha value is -1.61. The van der Waals surface area contributed by atoms with Gasteiger partial charge >= 0.3 is 5.97 Å². The molecule has 0 aromatic heterocycles. The summed E-state index contributed by atoms with van der Waals surface area (Å²) in [4.78, 5) is 14.6. The number of rotatable bonds is 4. The zero-order valence-electron chi connectivity index (χ0n) is 12.0. The summed E-state index contributed by atoms with van der Waals surface area (Å²) >= 11 is 0. The van der Waals surface area contributed by atoms with Gasteiger partial charge in [0.15, 0.2) is 0 Å². The number of nitrogens with zero attached hydrogens (tertiary/aromatic N) is 1. The molecule has 1 aliphatic heterocycles. The molecule has 0 N–H and O–H groups in total. The quantitative estimate of drug-likeness (QED) is 0.623. The van der Waals surface area contributed by atoms with Crippen molar-refractivity contribution >= 4 is 5.97 Å². The lowest BCUT2D eigenvalue weighted by Gasteiger charge is -2.36. The van der Waals surface area contributed by atoms with Gasteiger partial charge in [-0.3, -0.25) is 9.69 Å². The summed E-state index contributed by atoms with van der Waals surface area (Å²) in [5.41, 5.74) is 1.25. The molecule has 1 aliphatic carbocycles. The number of carbonyl (C=O) groups is 1. The van der Waals surface area contributed by atoms with Crippen molar-refractivity contribution in [3.8, 4) is 0 Å². The summed E-state index contributed by atoms with van der Waals surface area (Å²) in [6.07, 6.45) is 5.46. The first-order valence-electron chi connectivity index (χ1n) is 7.39. The molecule has 4 atom stereocenters. The molecule has 1 heterocycles. The van der Waals surface area contributed by atoms with Gasteiger partial charge in [0, 0.05) is 18.0 Å². The van der Waals surface area contributed by atoms with E-state index in [9.17, 15) is 4.79 Å². The van der Waals surface area contributed by atoms with Crippen molar-refractivity contribution in [2.45, 2.75) is 38.4 Å². The Balaban J connectivity index is 1.87. The van der Waals surface area contributed by atoms with Gasteiger partial charge in [-0.25, -0.2) is 0 Å². The fourth-order valence-corrected chi connectivity index (χ4v) is 3.55. The van der Waals surface area contributed by atoms with Crippen LogP contribution in [0, 0.1) is 5.92 Å². The fourth-order valence-electron chi connectivity index (χ4n) is 3.55. The maximum absolute atomic E-state index is 12.3.